The molecule has 0 unspecified atom stereocenters. The van der Waals surface area contributed by atoms with Gasteiger partial charge in [0.1, 0.15) is 5.75 Å². The minimum atomic E-state index is -1.16. The first-order chi connectivity index (χ1) is 10.1. The number of carboxylic acids is 1. The predicted molar refractivity (Wildman–Crippen MR) is 75.3 cm³/mol. The maximum Gasteiger partial charge on any atom is 0.337 e. The summed E-state index contributed by atoms with van der Waals surface area (Å²) in [7, 11) is 0. The molecular formula is C14H11ClN2O4. The summed E-state index contributed by atoms with van der Waals surface area (Å²) in [5.74, 6) is -1.04. The summed E-state index contributed by atoms with van der Waals surface area (Å²) in [6, 6.07) is 4.37. The Kier molecular flexibility index (Phi) is 3.39. The fourth-order valence-electron chi connectivity index (χ4n) is 1.96. The first-order valence-corrected chi connectivity index (χ1v) is 6.72. The van der Waals surface area contributed by atoms with Gasteiger partial charge in [0.05, 0.1) is 10.6 Å². The van der Waals surface area contributed by atoms with Gasteiger partial charge in [-0.15, -0.1) is 0 Å². The van der Waals surface area contributed by atoms with E-state index in [4.69, 9.17) is 21.4 Å². The van der Waals surface area contributed by atoms with E-state index in [1.54, 1.807) is 10.8 Å². The summed E-state index contributed by atoms with van der Waals surface area (Å²) in [6.45, 7) is 0. The van der Waals surface area contributed by atoms with Crippen LogP contribution in [0.3, 0.4) is 0 Å². The predicted octanol–water partition coefficient (Wildman–Crippen LogP) is 2.72. The molecule has 0 amide bonds. The van der Waals surface area contributed by atoms with E-state index in [1.807, 2.05) is 0 Å². The average Bonchev–Trinajstić information content (AvgIpc) is 3.27. The third-order valence-electron chi connectivity index (χ3n) is 3.16. The molecule has 1 aliphatic rings. The van der Waals surface area contributed by atoms with Crippen molar-refractivity contribution in [3.05, 3.63) is 51.5 Å². The number of ether oxygens (including phenoxy) is 1. The van der Waals surface area contributed by atoms with Crippen molar-refractivity contribution in [2.45, 2.75) is 18.9 Å². The van der Waals surface area contributed by atoms with Gasteiger partial charge in [-0.2, -0.15) is 0 Å². The van der Waals surface area contributed by atoms with Crippen LogP contribution in [0.4, 0.5) is 0 Å². The summed E-state index contributed by atoms with van der Waals surface area (Å²) < 4.78 is 6.99. The summed E-state index contributed by atoms with van der Waals surface area (Å²) in [4.78, 5) is 27.1. The third kappa shape index (κ3) is 2.75. The van der Waals surface area contributed by atoms with Crippen molar-refractivity contribution >= 4 is 17.6 Å². The molecule has 6 nitrogen and oxygen atoms in total. The largest absolute Gasteiger partial charge is 0.478 e. The van der Waals surface area contributed by atoms with E-state index < -0.39 is 5.97 Å². The maximum absolute atomic E-state index is 12.2. The molecule has 0 bridgehead atoms. The highest BCUT2D eigenvalue weighted by molar-refractivity contribution is 6.33. The lowest BCUT2D eigenvalue weighted by atomic mass is 10.2. The molecule has 0 radical (unpaired) electrons. The third-order valence-corrected chi connectivity index (χ3v) is 3.49. The first kappa shape index (κ1) is 13.6. The lowest BCUT2D eigenvalue weighted by Crippen LogP contribution is -2.20. The number of hydrogen-bond acceptors (Lipinski definition) is 4. The van der Waals surface area contributed by atoms with Crippen LogP contribution in [0.2, 0.25) is 5.02 Å². The van der Waals surface area contributed by atoms with Crippen LogP contribution in [-0.2, 0) is 0 Å². The highest BCUT2D eigenvalue weighted by atomic mass is 35.5. The fraction of sp³-hybridized carbons (Fsp3) is 0.214. The number of carboxylic acid groups (broad SMARTS) is 1. The second-order valence-electron chi connectivity index (χ2n) is 4.72. The van der Waals surface area contributed by atoms with Gasteiger partial charge in [-0.05, 0) is 31.0 Å². The molecule has 0 spiro atoms. The van der Waals surface area contributed by atoms with E-state index in [1.165, 1.54) is 24.4 Å². The molecule has 3 rings (SSSR count). The minimum Gasteiger partial charge on any atom is -0.478 e. The van der Waals surface area contributed by atoms with Gasteiger partial charge in [0.15, 0.2) is 0 Å². The van der Waals surface area contributed by atoms with Crippen LogP contribution in [0.1, 0.15) is 29.2 Å². The summed E-state index contributed by atoms with van der Waals surface area (Å²) in [6.07, 6.45) is 5.04. The van der Waals surface area contributed by atoms with E-state index in [-0.39, 0.29) is 33.8 Å². The lowest BCUT2D eigenvalue weighted by Gasteiger charge is -2.08. The standard InChI is InChI=1S/C14H11ClN2O4/c15-11-4-3-9(7-10(11)14(19)20)21-12-13(18)17(6-5-16-12)8-1-2-8/h3-8H,1-2H2,(H,19,20). The van der Waals surface area contributed by atoms with E-state index in [9.17, 15) is 9.59 Å². The molecule has 1 heterocycles. The quantitative estimate of drug-likeness (QED) is 0.939. The minimum absolute atomic E-state index is 0.0805. The van der Waals surface area contributed by atoms with Crippen LogP contribution in [-0.4, -0.2) is 20.6 Å². The molecule has 1 aromatic heterocycles. The van der Waals surface area contributed by atoms with Crippen molar-refractivity contribution in [1.29, 1.82) is 0 Å². The number of rotatable bonds is 4. The van der Waals surface area contributed by atoms with Crippen LogP contribution < -0.4 is 10.3 Å². The lowest BCUT2D eigenvalue weighted by molar-refractivity contribution is 0.0696. The second-order valence-corrected chi connectivity index (χ2v) is 5.13. The number of carbonyl (C=O) groups is 1. The Morgan fingerprint density at radius 3 is 2.86 bits per heavy atom. The van der Waals surface area contributed by atoms with Crippen LogP contribution in [0, 0.1) is 0 Å². The molecule has 108 valence electrons. The Morgan fingerprint density at radius 2 is 2.19 bits per heavy atom. The molecule has 1 aliphatic carbocycles. The normalized spacial score (nSPS) is 14.0. The van der Waals surface area contributed by atoms with Gasteiger partial charge in [-0.25, -0.2) is 9.78 Å². The number of hydrogen-bond donors (Lipinski definition) is 1. The maximum atomic E-state index is 12.2. The number of aromatic nitrogens is 2. The van der Waals surface area contributed by atoms with E-state index in [0.29, 0.717) is 0 Å². The highest BCUT2D eigenvalue weighted by Gasteiger charge is 2.25. The molecule has 1 saturated carbocycles. The zero-order chi connectivity index (χ0) is 15.0. The van der Waals surface area contributed by atoms with Crippen molar-refractivity contribution in [2.24, 2.45) is 0 Å². The zero-order valence-electron chi connectivity index (χ0n) is 10.8. The molecule has 0 saturated heterocycles. The molecule has 1 fully saturated rings. The molecule has 1 N–H and O–H groups in total. The van der Waals surface area contributed by atoms with Gasteiger partial charge in [0.2, 0.25) is 0 Å². The number of nitrogens with zero attached hydrogens (tertiary/aromatic N) is 2. The van der Waals surface area contributed by atoms with Gasteiger partial charge in [0.25, 0.3) is 5.88 Å². The molecule has 0 atom stereocenters. The zero-order valence-corrected chi connectivity index (χ0v) is 11.6. The Morgan fingerprint density at radius 1 is 1.43 bits per heavy atom. The molecule has 7 heteroatoms. The van der Waals surface area contributed by atoms with Crippen LogP contribution >= 0.6 is 11.6 Å². The van der Waals surface area contributed by atoms with Crippen molar-refractivity contribution in [3.8, 4) is 11.6 Å². The number of halogens is 1. The van der Waals surface area contributed by atoms with E-state index >= 15 is 0 Å². The molecule has 1 aromatic carbocycles. The smallest absolute Gasteiger partial charge is 0.337 e. The molecule has 2 aromatic rings. The Hall–Kier alpha value is -2.34. The topological polar surface area (TPSA) is 81.4 Å². The van der Waals surface area contributed by atoms with Crippen molar-refractivity contribution in [1.82, 2.24) is 9.55 Å². The Labute approximate surface area is 124 Å². The second kappa shape index (κ2) is 5.21. The van der Waals surface area contributed by atoms with Gasteiger partial charge in [0, 0.05) is 18.4 Å². The van der Waals surface area contributed by atoms with Gasteiger partial charge < -0.3 is 14.4 Å². The van der Waals surface area contributed by atoms with E-state index in [2.05, 4.69) is 4.98 Å². The fourth-order valence-corrected chi connectivity index (χ4v) is 2.16. The number of aromatic carboxylic acids is 1. The molecule has 21 heavy (non-hydrogen) atoms. The first-order valence-electron chi connectivity index (χ1n) is 6.34. The van der Waals surface area contributed by atoms with E-state index in [0.717, 1.165) is 12.8 Å². The van der Waals surface area contributed by atoms with Crippen molar-refractivity contribution in [2.75, 3.05) is 0 Å². The van der Waals surface area contributed by atoms with Crippen LogP contribution in [0.15, 0.2) is 35.4 Å². The van der Waals surface area contributed by atoms with Gasteiger partial charge in [-0.1, -0.05) is 11.6 Å². The Balaban J connectivity index is 1.94. The average molecular weight is 307 g/mol. The number of benzene rings is 1. The van der Waals surface area contributed by atoms with Gasteiger partial charge in [-0.3, -0.25) is 4.79 Å². The van der Waals surface area contributed by atoms with Gasteiger partial charge >= 0.3 is 11.5 Å². The summed E-state index contributed by atoms with van der Waals surface area (Å²) in [5.41, 5.74) is -0.417. The van der Waals surface area contributed by atoms with Crippen LogP contribution in [0.5, 0.6) is 11.6 Å². The summed E-state index contributed by atoms with van der Waals surface area (Å²) >= 11 is 5.78. The SMILES string of the molecule is O=C(O)c1cc(Oc2nccn(C3CC3)c2=O)ccc1Cl. The monoisotopic (exact) mass is 306 g/mol. The molecule has 0 aliphatic heterocycles. The Bertz CT molecular complexity index is 768. The van der Waals surface area contributed by atoms with Crippen molar-refractivity contribution in [3.63, 3.8) is 0 Å². The van der Waals surface area contributed by atoms with Crippen LogP contribution in [0.25, 0.3) is 0 Å². The van der Waals surface area contributed by atoms with Crippen molar-refractivity contribution < 1.29 is 14.6 Å². The molecular weight excluding hydrogens is 296 g/mol. The highest BCUT2D eigenvalue weighted by Crippen LogP contribution is 2.33. The summed E-state index contributed by atoms with van der Waals surface area (Å²) in [5, 5.41) is 9.12.